The number of hydrogen-bond acceptors (Lipinski definition) is 2. The van der Waals surface area contributed by atoms with Gasteiger partial charge in [0.2, 0.25) is 0 Å². The lowest BCUT2D eigenvalue weighted by molar-refractivity contribution is 0.181. The maximum absolute atomic E-state index is 10.3. The van der Waals surface area contributed by atoms with E-state index in [1.165, 1.54) is 5.56 Å². The first-order valence-corrected chi connectivity index (χ1v) is 8.48. The molecule has 6 heteroatoms. The Hall–Kier alpha value is -1.31. The second-order valence-corrected chi connectivity index (χ2v) is 6.00. The topological polar surface area (TPSA) is 56.7 Å². The Labute approximate surface area is 171 Å². The van der Waals surface area contributed by atoms with Crippen LogP contribution in [0.1, 0.15) is 29.7 Å². The van der Waals surface area contributed by atoms with E-state index in [0.29, 0.717) is 24.1 Å². The molecule has 0 spiro atoms. The Balaban J connectivity index is 0.00000312. The van der Waals surface area contributed by atoms with E-state index in [9.17, 15) is 5.11 Å². The van der Waals surface area contributed by atoms with Crippen LogP contribution in [-0.2, 0) is 6.54 Å². The second kappa shape index (κ2) is 11.3. The van der Waals surface area contributed by atoms with Crippen LogP contribution < -0.4 is 10.6 Å². The molecule has 0 amide bonds. The number of aliphatic hydroxyl groups excluding tert-OH is 1. The number of aliphatic imine (C=N–C) groups is 1. The molecule has 0 radical (unpaired) electrons. The van der Waals surface area contributed by atoms with Gasteiger partial charge in [0.1, 0.15) is 0 Å². The molecular weight excluding hydrogens is 449 g/mol. The highest BCUT2D eigenvalue weighted by atomic mass is 127. The molecule has 1 atom stereocenters. The average molecular weight is 474 g/mol. The number of guanidine groups is 1. The zero-order valence-electron chi connectivity index (χ0n) is 14.5. The third-order valence-corrected chi connectivity index (χ3v) is 4.00. The van der Waals surface area contributed by atoms with E-state index in [4.69, 9.17) is 11.6 Å². The van der Waals surface area contributed by atoms with Crippen molar-refractivity contribution in [1.82, 2.24) is 10.6 Å². The van der Waals surface area contributed by atoms with Gasteiger partial charge in [0.05, 0.1) is 12.6 Å². The Morgan fingerprint density at radius 2 is 1.80 bits per heavy atom. The highest BCUT2D eigenvalue weighted by Gasteiger charge is 2.08. The maximum atomic E-state index is 10.3. The largest absolute Gasteiger partial charge is 0.387 e. The van der Waals surface area contributed by atoms with Crippen LogP contribution in [0.25, 0.3) is 0 Å². The molecule has 0 aliphatic rings. The van der Waals surface area contributed by atoms with Crippen LogP contribution in [0.2, 0.25) is 5.02 Å². The molecule has 3 N–H and O–H groups in total. The SMILES string of the molecule is CCNC(=NCc1ccccc1Cl)NCC(O)c1ccc(C)cc1.I. The average Bonchev–Trinajstić information content (AvgIpc) is 2.59. The molecule has 2 aromatic carbocycles. The van der Waals surface area contributed by atoms with Crippen LogP contribution in [0.5, 0.6) is 0 Å². The van der Waals surface area contributed by atoms with Gasteiger partial charge in [-0.2, -0.15) is 0 Å². The number of rotatable bonds is 6. The van der Waals surface area contributed by atoms with Crippen LogP contribution in [0.15, 0.2) is 53.5 Å². The van der Waals surface area contributed by atoms with Gasteiger partial charge in [-0.05, 0) is 31.0 Å². The molecule has 0 saturated heterocycles. The number of halogens is 2. The van der Waals surface area contributed by atoms with E-state index in [1.807, 2.05) is 62.4 Å². The Morgan fingerprint density at radius 3 is 2.44 bits per heavy atom. The third kappa shape index (κ3) is 7.22. The van der Waals surface area contributed by atoms with E-state index in [1.54, 1.807) is 0 Å². The molecule has 0 aliphatic carbocycles. The first kappa shape index (κ1) is 21.7. The Morgan fingerprint density at radius 1 is 1.12 bits per heavy atom. The second-order valence-electron chi connectivity index (χ2n) is 5.59. The molecule has 0 aromatic heterocycles. The monoisotopic (exact) mass is 473 g/mol. The Bertz CT molecular complexity index is 677. The zero-order chi connectivity index (χ0) is 17.4. The van der Waals surface area contributed by atoms with Gasteiger partial charge >= 0.3 is 0 Å². The van der Waals surface area contributed by atoms with Gasteiger partial charge in [-0.15, -0.1) is 24.0 Å². The summed E-state index contributed by atoms with van der Waals surface area (Å²) in [5, 5.41) is 17.3. The molecule has 25 heavy (non-hydrogen) atoms. The van der Waals surface area contributed by atoms with Crippen molar-refractivity contribution >= 4 is 41.5 Å². The van der Waals surface area contributed by atoms with Crippen molar-refractivity contribution in [3.63, 3.8) is 0 Å². The number of aliphatic hydroxyl groups is 1. The predicted molar refractivity (Wildman–Crippen MR) is 116 cm³/mol. The van der Waals surface area contributed by atoms with Gasteiger partial charge in [-0.1, -0.05) is 59.6 Å². The first-order chi connectivity index (χ1) is 11.6. The van der Waals surface area contributed by atoms with Gasteiger partial charge in [-0.3, -0.25) is 0 Å². The van der Waals surface area contributed by atoms with Crippen molar-refractivity contribution in [1.29, 1.82) is 0 Å². The van der Waals surface area contributed by atoms with E-state index in [0.717, 1.165) is 17.7 Å². The predicted octanol–water partition coefficient (Wildman–Crippen LogP) is 4.06. The summed E-state index contributed by atoms with van der Waals surface area (Å²) in [5.74, 6) is 0.656. The fourth-order valence-electron chi connectivity index (χ4n) is 2.23. The molecule has 136 valence electrons. The lowest BCUT2D eigenvalue weighted by atomic mass is 10.1. The van der Waals surface area contributed by atoms with Crippen LogP contribution in [-0.4, -0.2) is 24.2 Å². The van der Waals surface area contributed by atoms with Crippen LogP contribution >= 0.6 is 35.6 Å². The fourth-order valence-corrected chi connectivity index (χ4v) is 2.43. The standard InChI is InChI=1S/C19H24ClN3O.HI/c1-3-21-19(22-12-16-6-4-5-7-17(16)20)23-13-18(24)15-10-8-14(2)9-11-15;/h4-11,18,24H,3,12-13H2,1-2H3,(H2,21,22,23);1H. The molecule has 0 saturated carbocycles. The smallest absolute Gasteiger partial charge is 0.191 e. The fraction of sp³-hybridized carbons (Fsp3) is 0.316. The van der Waals surface area contributed by atoms with E-state index in [-0.39, 0.29) is 24.0 Å². The minimum absolute atomic E-state index is 0. The van der Waals surface area contributed by atoms with Crippen molar-refractivity contribution < 1.29 is 5.11 Å². The summed E-state index contributed by atoms with van der Waals surface area (Å²) in [6, 6.07) is 15.5. The molecule has 0 bridgehead atoms. The van der Waals surface area contributed by atoms with Gasteiger partial charge < -0.3 is 15.7 Å². The van der Waals surface area contributed by atoms with E-state index in [2.05, 4.69) is 15.6 Å². The van der Waals surface area contributed by atoms with Crippen molar-refractivity contribution in [3.05, 3.63) is 70.2 Å². The molecule has 0 heterocycles. The van der Waals surface area contributed by atoms with Crippen LogP contribution in [0.4, 0.5) is 0 Å². The highest BCUT2D eigenvalue weighted by Crippen LogP contribution is 2.16. The number of hydrogen-bond donors (Lipinski definition) is 3. The molecule has 0 fully saturated rings. The summed E-state index contributed by atoms with van der Waals surface area (Å²) in [4.78, 5) is 4.52. The molecule has 1 unspecified atom stereocenters. The van der Waals surface area contributed by atoms with Crippen LogP contribution in [0, 0.1) is 6.92 Å². The Kier molecular flexibility index (Phi) is 9.85. The van der Waals surface area contributed by atoms with Crippen molar-refractivity contribution in [2.24, 2.45) is 4.99 Å². The summed E-state index contributed by atoms with van der Waals surface area (Å²) in [6.45, 7) is 5.64. The zero-order valence-corrected chi connectivity index (χ0v) is 17.6. The third-order valence-electron chi connectivity index (χ3n) is 3.63. The van der Waals surface area contributed by atoms with Crippen molar-refractivity contribution in [3.8, 4) is 0 Å². The number of benzene rings is 2. The van der Waals surface area contributed by atoms with Gasteiger partial charge in [0, 0.05) is 18.1 Å². The maximum Gasteiger partial charge on any atom is 0.191 e. The summed E-state index contributed by atoms with van der Waals surface area (Å²) in [7, 11) is 0. The highest BCUT2D eigenvalue weighted by molar-refractivity contribution is 14.0. The van der Waals surface area contributed by atoms with Gasteiger partial charge in [0.15, 0.2) is 5.96 Å². The van der Waals surface area contributed by atoms with Gasteiger partial charge in [0.25, 0.3) is 0 Å². The lowest BCUT2D eigenvalue weighted by Gasteiger charge is -2.16. The van der Waals surface area contributed by atoms with E-state index >= 15 is 0 Å². The lowest BCUT2D eigenvalue weighted by Crippen LogP contribution is -2.39. The number of nitrogens with one attached hydrogen (secondary N) is 2. The summed E-state index contributed by atoms with van der Waals surface area (Å²) < 4.78 is 0. The first-order valence-electron chi connectivity index (χ1n) is 8.10. The number of aryl methyl sites for hydroxylation is 1. The summed E-state index contributed by atoms with van der Waals surface area (Å²) in [6.07, 6.45) is -0.588. The molecule has 0 aliphatic heterocycles. The van der Waals surface area contributed by atoms with Crippen LogP contribution in [0.3, 0.4) is 0 Å². The molecule has 2 aromatic rings. The minimum atomic E-state index is -0.588. The van der Waals surface area contributed by atoms with Gasteiger partial charge in [-0.25, -0.2) is 4.99 Å². The van der Waals surface area contributed by atoms with Crippen molar-refractivity contribution in [2.45, 2.75) is 26.5 Å². The molecule has 4 nitrogen and oxygen atoms in total. The molecule has 2 rings (SSSR count). The summed E-state index contributed by atoms with van der Waals surface area (Å²) in [5.41, 5.74) is 3.03. The minimum Gasteiger partial charge on any atom is -0.387 e. The van der Waals surface area contributed by atoms with E-state index < -0.39 is 6.10 Å². The normalized spacial score (nSPS) is 12.2. The quantitative estimate of drug-likeness (QED) is 0.337. The molecular formula is C19H25ClIN3O. The van der Waals surface area contributed by atoms with Crippen molar-refractivity contribution in [2.75, 3.05) is 13.1 Å². The summed E-state index contributed by atoms with van der Waals surface area (Å²) >= 11 is 6.15. The number of nitrogens with zero attached hydrogens (tertiary/aromatic N) is 1.